The molecule has 18 heteroatoms. The Hall–Kier alpha value is -7.89. The smallest absolute Gasteiger partial charge is 0.416 e. The van der Waals surface area contributed by atoms with Crippen molar-refractivity contribution in [2.24, 2.45) is 0 Å². The number of H-pyrrole nitrogens is 1. The molecule has 2 aliphatic heterocycles. The summed E-state index contributed by atoms with van der Waals surface area (Å²) in [7, 11) is 2.45. The highest BCUT2D eigenvalue weighted by atomic mass is 16.6. The largest absolute Gasteiger partial charge is 0.467 e. The van der Waals surface area contributed by atoms with E-state index in [4.69, 9.17) is 23.7 Å². The molecule has 0 aliphatic carbocycles. The monoisotopic (exact) mass is 1030 g/mol. The number of ether oxygens (including phenoxy) is 5. The zero-order chi connectivity index (χ0) is 54.6. The molecule has 5 aromatic rings. The molecule has 3 heterocycles. The second-order valence-electron chi connectivity index (χ2n) is 21.8. The van der Waals surface area contributed by atoms with Crippen LogP contribution in [0.3, 0.4) is 0 Å². The minimum Gasteiger partial charge on any atom is -0.467 e. The second kappa shape index (κ2) is 21.9. The summed E-state index contributed by atoms with van der Waals surface area (Å²) >= 11 is 0. The topological polar surface area (TPSA) is 224 Å². The van der Waals surface area contributed by atoms with E-state index in [1.807, 2.05) is 78.9 Å². The van der Waals surface area contributed by atoms with E-state index in [1.54, 1.807) is 92.8 Å². The Morgan fingerprint density at radius 2 is 1.12 bits per heavy atom. The number of hydrogen-bond donors (Lipinski definition) is 4. The fourth-order valence-electron chi connectivity index (χ4n) is 9.91. The maximum absolute atomic E-state index is 15.2. The predicted octanol–water partition coefficient (Wildman–Crippen LogP) is 7.78. The number of aromatic nitrogens is 1. The molecule has 1 saturated heterocycles. The number of carbonyl (C=O) groups is 7. The summed E-state index contributed by atoms with van der Waals surface area (Å²) in [4.78, 5) is 106. The Morgan fingerprint density at radius 3 is 1.68 bits per heavy atom. The van der Waals surface area contributed by atoms with Gasteiger partial charge in [0.15, 0.2) is 0 Å². The molecule has 1 fully saturated rings. The molecule has 75 heavy (non-hydrogen) atoms. The van der Waals surface area contributed by atoms with Crippen LogP contribution >= 0.6 is 0 Å². The van der Waals surface area contributed by atoms with Crippen LogP contribution in [0.15, 0.2) is 109 Å². The van der Waals surface area contributed by atoms with Gasteiger partial charge in [0.05, 0.1) is 25.3 Å². The van der Waals surface area contributed by atoms with Crippen molar-refractivity contribution in [1.29, 1.82) is 0 Å². The first-order valence-corrected chi connectivity index (χ1v) is 24.9. The van der Waals surface area contributed by atoms with Gasteiger partial charge in [0.2, 0.25) is 11.8 Å². The zero-order valence-corrected chi connectivity index (χ0v) is 44.4. The highest BCUT2D eigenvalue weighted by Gasteiger charge is 2.67. The molecule has 18 nitrogen and oxygen atoms in total. The van der Waals surface area contributed by atoms with Gasteiger partial charge >= 0.3 is 30.2 Å². The third kappa shape index (κ3) is 12.4. The van der Waals surface area contributed by atoms with Crippen molar-refractivity contribution in [2.75, 3.05) is 19.1 Å². The number of carbonyl (C=O) groups excluding carboxylic acids is 7. The molecule has 4 N–H and O–H groups in total. The summed E-state index contributed by atoms with van der Waals surface area (Å²) in [6.45, 7) is 15.3. The van der Waals surface area contributed by atoms with E-state index in [-0.39, 0.29) is 25.7 Å². The normalized spacial score (nSPS) is 18.4. The van der Waals surface area contributed by atoms with Gasteiger partial charge in [0.1, 0.15) is 47.1 Å². The second-order valence-corrected chi connectivity index (χ2v) is 21.8. The van der Waals surface area contributed by atoms with Crippen LogP contribution in [0, 0.1) is 0 Å². The lowest BCUT2D eigenvalue weighted by Crippen LogP contribution is -2.59. The minimum absolute atomic E-state index is 0.0720. The van der Waals surface area contributed by atoms with E-state index in [9.17, 15) is 24.0 Å². The van der Waals surface area contributed by atoms with Crippen LogP contribution in [0.2, 0.25) is 0 Å². The Bertz CT molecular complexity index is 2920. The third-order valence-electron chi connectivity index (χ3n) is 12.8. The molecule has 2 aliphatic rings. The summed E-state index contributed by atoms with van der Waals surface area (Å²) in [5.41, 5.74) is -0.285. The van der Waals surface area contributed by atoms with Gasteiger partial charge in [-0.15, -0.1) is 0 Å². The standard InChI is InChI=1S/C57H68N6O12/c1-54(2,3)73-51(68)61-40(46(64)59-41(48(66)71-10)29-34-21-14-12-15-22-34)31-36-33-58-45-37(36)25-20-27-39(45)57-32-44(47(65)60-42(49(67)72-11)30-35-23-16-13-17-24-35)63(53(70)75-56(7,8)9)50(57)62(52(69)74-55(4,5)6)43-28-19-18-26-38(43)57/h12-28,33,40-42,44,50,58H,29-32H2,1-11H3,(H,59,64)(H,60,65)(H,61,68)/t40-,41-,42-,44-,50+,57+/m0/s1. The van der Waals surface area contributed by atoms with Crippen LogP contribution < -0.4 is 20.9 Å². The highest BCUT2D eigenvalue weighted by molar-refractivity contribution is 6.00. The first kappa shape index (κ1) is 54.9. The van der Waals surface area contributed by atoms with E-state index in [0.29, 0.717) is 33.3 Å². The number of amides is 5. The van der Waals surface area contributed by atoms with Gasteiger partial charge in [-0.25, -0.2) is 24.0 Å². The number of methoxy groups -OCH3 is 2. The molecule has 0 radical (unpaired) electrons. The lowest BCUT2D eigenvalue weighted by Gasteiger charge is -2.39. The van der Waals surface area contributed by atoms with Crippen molar-refractivity contribution < 1.29 is 57.2 Å². The molecule has 0 bridgehead atoms. The lowest BCUT2D eigenvalue weighted by atomic mass is 9.71. The van der Waals surface area contributed by atoms with E-state index in [0.717, 1.165) is 11.1 Å². The van der Waals surface area contributed by atoms with Crippen LogP contribution in [0.4, 0.5) is 20.1 Å². The van der Waals surface area contributed by atoms with E-state index in [1.165, 1.54) is 24.0 Å². The molecule has 0 unspecified atom stereocenters. The molecule has 1 aromatic heterocycles. The van der Waals surface area contributed by atoms with Crippen molar-refractivity contribution in [3.63, 3.8) is 0 Å². The van der Waals surface area contributed by atoms with Crippen LogP contribution in [0.25, 0.3) is 10.9 Å². The fourth-order valence-corrected chi connectivity index (χ4v) is 9.91. The maximum atomic E-state index is 15.2. The number of anilines is 1. The number of hydrogen-bond acceptors (Lipinski definition) is 12. The third-order valence-corrected chi connectivity index (χ3v) is 12.8. The van der Waals surface area contributed by atoms with Crippen LogP contribution in [-0.4, -0.2) is 113 Å². The van der Waals surface area contributed by atoms with Gasteiger partial charge < -0.3 is 44.6 Å². The summed E-state index contributed by atoms with van der Waals surface area (Å²) < 4.78 is 28.1. The predicted molar refractivity (Wildman–Crippen MR) is 280 cm³/mol. The average Bonchev–Trinajstić information content (AvgIpc) is 4.07. The number of fused-ring (bicyclic) bond motifs is 4. The number of para-hydroxylation sites is 2. The first-order chi connectivity index (χ1) is 35.3. The summed E-state index contributed by atoms with van der Waals surface area (Å²) in [5, 5.41) is 9.01. The molecule has 398 valence electrons. The van der Waals surface area contributed by atoms with Gasteiger partial charge in [0.25, 0.3) is 0 Å². The summed E-state index contributed by atoms with van der Waals surface area (Å²) in [6, 6.07) is 25.8. The van der Waals surface area contributed by atoms with Crippen molar-refractivity contribution in [2.45, 2.75) is 141 Å². The van der Waals surface area contributed by atoms with Crippen LogP contribution in [0.5, 0.6) is 0 Å². The number of benzene rings is 4. The van der Waals surface area contributed by atoms with Gasteiger partial charge in [0, 0.05) is 36.4 Å². The molecule has 4 aromatic carbocycles. The molecular weight excluding hydrogens is 961 g/mol. The number of esters is 2. The van der Waals surface area contributed by atoms with Crippen molar-refractivity contribution in [1.82, 2.24) is 25.8 Å². The summed E-state index contributed by atoms with van der Waals surface area (Å²) in [5.74, 6) is -2.80. The van der Waals surface area contributed by atoms with Gasteiger partial charge in [-0.05, 0) is 103 Å². The molecular formula is C57H68N6O12. The SMILES string of the molecule is COC(=O)[C@H](Cc1ccccc1)NC(=O)[C@H](Cc1c[nH]c2c([C@]34C[C@@H](C(=O)N[C@@H](Cc5ccccc5)C(=O)OC)N(C(=O)OC(C)(C)C)[C@H]3N(C(=O)OC(C)(C)C)c3ccccc34)cccc12)NC(=O)OC(C)(C)C. The van der Waals surface area contributed by atoms with E-state index < -0.39 is 94.6 Å². The van der Waals surface area contributed by atoms with Crippen molar-refractivity contribution >= 4 is 58.6 Å². The highest BCUT2D eigenvalue weighted by Crippen LogP contribution is 2.59. The molecule has 6 atom stereocenters. The van der Waals surface area contributed by atoms with Crippen LogP contribution in [0.1, 0.15) is 96.6 Å². The molecule has 0 spiro atoms. The number of alkyl carbamates (subject to hydrolysis) is 1. The van der Waals surface area contributed by atoms with Gasteiger partial charge in [-0.2, -0.15) is 0 Å². The number of nitrogens with one attached hydrogen (secondary N) is 4. The fraction of sp³-hybridized carbons (Fsp3) is 0.421. The number of rotatable bonds is 14. The zero-order valence-electron chi connectivity index (χ0n) is 44.4. The Balaban J connectivity index is 1.38. The van der Waals surface area contributed by atoms with Gasteiger partial charge in [-0.1, -0.05) is 97.1 Å². The average molecular weight is 1030 g/mol. The van der Waals surface area contributed by atoms with Crippen molar-refractivity contribution in [3.05, 3.63) is 137 Å². The van der Waals surface area contributed by atoms with E-state index in [2.05, 4.69) is 20.9 Å². The minimum atomic E-state index is -1.43. The van der Waals surface area contributed by atoms with Crippen molar-refractivity contribution in [3.8, 4) is 0 Å². The first-order valence-electron chi connectivity index (χ1n) is 24.9. The summed E-state index contributed by atoms with van der Waals surface area (Å²) in [6.07, 6.45) is -2.27. The number of nitrogens with zero attached hydrogens (tertiary/aromatic N) is 2. The maximum Gasteiger partial charge on any atom is 0.416 e. The Labute approximate surface area is 437 Å². The van der Waals surface area contributed by atoms with Gasteiger partial charge in [-0.3, -0.25) is 19.4 Å². The molecule has 7 rings (SSSR count). The Morgan fingerprint density at radius 1 is 0.600 bits per heavy atom. The quantitative estimate of drug-likeness (QED) is 0.0618. The van der Waals surface area contributed by atoms with E-state index >= 15 is 9.59 Å². The Kier molecular flexibility index (Phi) is 16.0. The number of likely N-dealkylation sites (tertiary alicyclic amines) is 1. The lowest BCUT2D eigenvalue weighted by molar-refractivity contribution is -0.145. The molecule has 0 saturated carbocycles. The number of aromatic amines is 1. The molecule has 5 amide bonds. The van der Waals surface area contributed by atoms with Crippen LogP contribution in [-0.2, 0) is 67.5 Å².